The second-order valence-corrected chi connectivity index (χ2v) is 9.99. The minimum absolute atomic E-state index is 0. The van der Waals surface area contributed by atoms with Gasteiger partial charge < -0.3 is 26.2 Å². The fraction of sp³-hybridized carbons (Fsp3) is 0.567. The number of halogens is 1. The van der Waals surface area contributed by atoms with Crippen LogP contribution >= 0.6 is 0 Å². The highest BCUT2D eigenvalue weighted by Crippen LogP contribution is 2.16. The summed E-state index contributed by atoms with van der Waals surface area (Å²) in [6.45, 7) is 5.36. The van der Waals surface area contributed by atoms with E-state index in [2.05, 4.69) is 21.0 Å². The summed E-state index contributed by atoms with van der Waals surface area (Å²) in [6.07, 6.45) is 14.9. The number of rotatable bonds is 18. The van der Waals surface area contributed by atoms with Gasteiger partial charge in [0.15, 0.2) is 5.78 Å². The molecule has 4 heteroatoms. The lowest BCUT2D eigenvalue weighted by atomic mass is 10.0. The largest absolute Gasteiger partial charge is 1.00 e. The van der Waals surface area contributed by atoms with Gasteiger partial charge in [0.05, 0.1) is 33.8 Å². The number of nitrogens with zero attached hydrogens (tertiary/aromatic N) is 1. The molecule has 0 atom stereocenters. The maximum Gasteiger partial charge on any atom is 0.193 e. The van der Waals surface area contributed by atoms with Crippen LogP contribution in [0.5, 0.6) is 5.75 Å². The van der Waals surface area contributed by atoms with E-state index >= 15 is 0 Å². The number of carbonyl (C=O) groups is 1. The lowest BCUT2D eigenvalue weighted by Gasteiger charge is -2.30. The average molecular weight is 533 g/mol. The molecular weight excluding hydrogens is 486 g/mol. The maximum absolute atomic E-state index is 12.5. The number of unbranched alkanes of at least 4 members (excludes halogenated alkanes) is 9. The SMILES string of the molecule is CCCCCCCCCCCC[N+](C)(C)CCCOc1ccc(C(=O)c2ccccc2)cc1.[Br-]. The fourth-order valence-electron chi connectivity index (χ4n) is 4.28. The molecule has 0 saturated carbocycles. The number of quaternary nitrogens is 1. The van der Waals surface area contributed by atoms with Crippen molar-refractivity contribution in [3.63, 3.8) is 0 Å². The van der Waals surface area contributed by atoms with E-state index in [1.807, 2.05) is 54.6 Å². The first-order valence-corrected chi connectivity index (χ1v) is 13.2. The Morgan fingerprint density at radius 3 is 1.76 bits per heavy atom. The van der Waals surface area contributed by atoms with E-state index in [1.165, 1.54) is 70.8 Å². The zero-order valence-corrected chi connectivity index (χ0v) is 23.3. The predicted octanol–water partition coefficient (Wildman–Crippen LogP) is 4.69. The Morgan fingerprint density at radius 1 is 0.676 bits per heavy atom. The Morgan fingerprint density at radius 2 is 1.18 bits per heavy atom. The summed E-state index contributed by atoms with van der Waals surface area (Å²) in [7, 11) is 4.66. The van der Waals surface area contributed by atoms with Crippen molar-refractivity contribution in [1.29, 1.82) is 0 Å². The van der Waals surface area contributed by atoms with Crippen LogP contribution in [0.15, 0.2) is 54.6 Å². The number of ether oxygens (including phenoxy) is 1. The Balaban J connectivity index is 0.00000578. The van der Waals surface area contributed by atoms with Crippen molar-refractivity contribution in [2.24, 2.45) is 0 Å². The molecule has 0 amide bonds. The standard InChI is InChI=1S/C30H46NO2.BrH/c1-4-5-6-7-8-9-10-11-12-16-24-31(2,3)25-17-26-33-29-22-20-28(21-23-29)30(32)27-18-14-13-15-19-27;/h13-15,18-23H,4-12,16-17,24-26H2,1-3H3;1H/q+1;/p-1. The second-order valence-electron chi connectivity index (χ2n) is 9.99. The molecule has 0 radical (unpaired) electrons. The number of ketones is 1. The Labute approximate surface area is 219 Å². The van der Waals surface area contributed by atoms with Crippen molar-refractivity contribution in [3.05, 3.63) is 65.7 Å². The van der Waals surface area contributed by atoms with Crippen LogP contribution < -0.4 is 21.7 Å². The Bertz CT molecular complexity index is 774. The molecule has 0 saturated heterocycles. The first kappa shape index (κ1) is 30.4. The first-order chi connectivity index (χ1) is 16.0. The highest BCUT2D eigenvalue weighted by Gasteiger charge is 2.14. The van der Waals surface area contributed by atoms with Crippen LogP contribution in [0.3, 0.4) is 0 Å². The normalized spacial score (nSPS) is 11.1. The minimum Gasteiger partial charge on any atom is -1.00 e. The lowest BCUT2D eigenvalue weighted by molar-refractivity contribution is -0.890. The van der Waals surface area contributed by atoms with Crippen LogP contribution in [0.1, 0.15) is 93.5 Å². The average Bonchev–Trinajstić information content (AvgIpc) is 2.83. The zero-order chi connectivity index (χ0) is 23.8. The van der Waals surface area contributed by atoms with Crippen molar-refractivity contribution in [2.45, 2.75) is 77.6 Å². The van der Waals surface area contributed by atoms with Gasteiger partial charge in [-0.1, -0.05) is 88.6 Å². The van der Waals surface area contributed by atoms with E-state index in [0.717, 1.165) is 23.2 Å². The number of hydrogen-bond donors (Lipinski definition) is 0. The summed E-state index contributed by atoms with van der Waals surface area (Å²) in [5.41, 5.74) is 1.41. The molecule has 190 valence electrons. The van der Waals surface area contributed by atoms with Crippen molar-refractivity contribution < 1.29 is 31.0 Å². The smallest absolute Gasteiger partial charge is 0.193 e. The van der Waals surface area contributed by atoms with Crippen LogP contribution in [-0.2, 0) is 0 Å². The summed E-state index contributed by atoms with van der Waals surface area (Å²) in [6, 6.07) is 16.9. The molecule has 0 fully saturated rings. The van der Waals surface area contributed by atoms with Gasteiger partial charge in [0.2, 0.25) is 0 Å². The number of benzene rings is 2. The van der Waals surface area contributed by atoms with Crippen molar-refractivity contribution in [3.8, 4) is 5.75 Å². The van der Waals surface area contributed by atoms with E-state index in [1.54, 1.807) is 0 Å². The third-order valence-corrected chi connectivity index (χ3v) is 6.45. The van der Waals surface area contributed by atoms with Crippen LogP contribution in [0.2, 0.25) is 0 Å². The maximum atomic E-state index is 12.5. The van der Waals surface area contributed by atoms with E-state index in [0.29, 0.717) is 17.7 Å². The van der Waals surface area contributed by atoms with Crippen molar-refractivity contribution >= 4 is 5.78 Å². The van der Waals surface area contributed by atoms with Gasteiger partial charge in [-0.25, -0.2) is 0 Å². The van der Waals surface area contributed by atoms with Gasteiger partial charge in [-0.3, -0.25) is 4.79 Å². The first-order valence-electron chi connectivity index (χ1n) is 13.2. The molecule has 0 aliphatic carbocycles. The molecule has 34 heavy (non-hydrogen) atoms. The van der Waals surface area contributed by atoms with E-state index in [4.69, 9.17) is 4.74 Å². The fourth-order valence-corrected chi connectivity index (χ4v) is 4.28. The van der Waals surface area contributed by atoms with Crippen molar-refractivity contribution in [1.82, 2.24) is 0 Å². The molecule has 0 spiro atoms. The van der Waals surface area contributed by atoms with Crippen LogP contribution in [0.4, 0.5) is 0 Å². The molecule has 0 aliphatic heterocycles. The second kappa shape index (κ2) is 17.7. The van der Waals surface area contributed by atoms with Crippen molar-refractivity contribution in [2.75, 3.05) is 33.8 Å². The third-order valence-electron chi connectivity index (χ3n) is 6.45. The van der Waals surface area contributed by atoms with E-state index in [-0.39, 0.29) is 22.8 Å². The topological polar surface area (TPSA) is 26.3 Å². The molecule has 3 nitrogen and oxygen atoms in total. The van der Waals surface area contributed by atoms with E-state index < -0.39 is 0 Å². The van der Waals surface area contributed by atoms with Crippen LogP contribution in [0.25, 0.3) is 0 Å². The molecule has 2 rings (SSSR count). The van der Waals surface area contributed by atoms with Crippen LogP contribution in [0, 0.1) is 0 Å². The zero-order valence-electron chi connectivity index (χ0n) is 21.7. The van der Waals surface area contributed by atoms with Gasteiger partial charge in [0.1, 0.15) is 5.75 Å². The summed E-state index contributed by atoms with van der Waals surface area (Å²) >= 11 is 0. The van der Waals surface area contributed by atoms with Gasteiger partial charge in [-0.15, -0.1) is 0 Å². The lowest BCUT2D eigenvalue weighted by Crippen LogP contribution is -3.00. The van der Waals surface area contributed by atoms with Gasteiger partial charge in [0.25, 0.3) is 0 Å². The monoisotopic (exact) mass is 531 g/mol. The third kappa shape index (κ3) is 12.7. The summed E-state index contributed by atoms with van der Waals surface area (Å²) in [4.78, 5) is 12.5. The number of carbonyl (C=O) groups excluding carboxylic acids is 1. The van der Waals surface area contributed by atoms with E-state index in [9.17, 15) is 4.79 Å². The molecule has 0 bridgehead atoms. The molecule has 0 unspecified atom stereocenters. The Hall–Kier alpha value is -1.65. The molecule has 0 aromatic heterocycles. The molecule has 0 heterocycles. The number of hydrogen-bond acceptors (Lipinski definition) is 2. The molecule has 0 N–H and O–H groups in total. The highest BCUT2D eigenvalue weighted by molar-refractivity contribution is 6.08. The minimum atomic E-state index is 0. The molecule has 0 aliphatic rings. The van der Waals surface area contributed by atoms with Crippen LogP contribution in [-0.4, -0.2) is 44.1 Å². The highest BCUT2D eigenvalue weighted by atomic mass is 79.9. The van der Waals surface area contributed by atoms with Gasteiger partial charge in [0, 0.05) is 17.5 Å². The quantitative estimate of drug-likeness (QED) is 0.158. The molecule has 2 aromatic carbocycles. The summed E-state index contributed by atoms with van der Waals surface area (Å²) in [5, 5.41) is 0. The summed E-state index contributed by atoms with van der Waals surface area (Å²) in [5.74, 6) is 0.882. The summed E-state index contributed by atoms with van der Waals surface area (Å²) < 4.78 is 6.99. The van der Waals surface area contributed by atoms with Gasteiger partial charge in [-0.05, 0) is 37.1 Å². The van der Waals surface area contributed by atoms with Gasteiger partial charge in [-0.2, -0.15) is 0 Å². The van der Waals surface area contributed by atoms with Gasteiger partial charge >= 0.3 is 0 Å². The molecular formula is C30H46BrNO2. The predicted molar refractivity (Wildman–Crippen MR) is 140 cm³/mol. The molecule has 2 aromatic rings. The Kier molecular flexibility index (Phi) is 15.8.